The Kier molecular flexibility index (Phi) is 5.59. The SMILES string of the molecule is COc1ccc(C2C(C(=O)CC(C)C)=C(O)C(=O)N2Cc2ccc3c(c2)OCO3)cc1. The first kappa shape index (κ1) is 20.8. The third-order valence-corrected chi connectivity index (χ3v) is 5.42. The molecular weight excluding hydrogens is 398 g/mol. The maximum absolute atomic E-state index is 13.0. The maximum Gasteiger partial charge on any atom is 0.290 e. The third kappa shape index (κ3) is 3.95. The second kappa shape index (κ2) is 8.34. The molecule has 1 atom stereocenters. The van der Waals surface area contributed by atoms with Crippen LogP contribution in [-0.2, 0) is 16.1 Å². The number of carbonyl (C=O) groups is 2. The number of aliphatic hydroxyl groups is 1. The normalized spacial score (nSPS) is 17.6. The highest BCUT2D eigenvalue weighted by atomic mass is 16.7. The van der Waals surface area contributed by atoms with Crippen LogP contribution in [0.2, 0.25) is 0 Å². The first-order chi connectivity index (χ1) is 14.9. The van der Waals surface area contributed by atoms with Gasteiger partial charge in [-0.2, -0.15) is 0 Å². The molecule has 0 aromatic heterocycles. The van der Waals surface area contributed by atoms with Crippen molar-refractivity contribution in [2.24, 2.45) is 5.92 Å². The summed E-state index contributed by atoms with van der Waals surface area (Å²) in [5.41, 5.74) is 1.68. The Hall–Kier alpha value is -3.48. The van der Waals surface area contributed by atoms with Crippen LogP contribution in [0.4, 0.5) is 0 Å². The number of benzene rings is 2. The fourth-order valence-corrected chi connectivity index (χ4v) is 3.95. The summed E-state index contributed by atoms with van der Waals surface area (Å²) in [5.74, 6) is 0.754. The van der Waals surface area contributed by atoms with Crippen LogP contribution in [0.5, 0.6) is 17.2 Å². The van der Waals surface area contributed by atoms with Crippen molar-refractivity contribution in [1.29, 1.82) is 0 Å². The molecule has 2 aliphatic heterocycles. The molecule has 0 saturated heterocycles. The molecule has 0 bridgehead atoms. The molecule has 4 rings (SSSR count). The van der Waals surface area contributed by atoms with E-state index in [4.69, 9.17) is 14.2 Å². The summed E-state index contributed by atoms with van der Waals surface area (Å²) >= 11 is 0. The predicted molar refractivity (Wildman–Crippen MR) is 113 cm³/mol. The van der Waals surface area contributed by atoms with E-state index >= 15 is 0 Å². The van der Waals surface area contributed by atoms with Gasteiger partial charge < -0.3 is 24.2 Å². The molecule has 0 radical (unpaired) electrons. The summed E-state index contributed by atoms with van der Waals surface area (Å²) in [5, 5.41) is 10.7. The lowest BCUT2D eigenvalue weighted by molar-refractivity contribution is -0.130. The van der Waals surface area contributed by atoms with Crippen molar-refractivity contribution >= 4 is 11.7 Å². The number of amides is 1. The van der Waals surface area contributed by atoms with Gasteiger partial charge in [-0.25, -0.2) is 0 Å². The van der Waals surface area contributed by atoms with Crippen molar-refractivity contribution in [2.75, 3.05) is 13.9 Å². The summed E-state index contributed by atoms with van der Waals surface area (Å²) in [6, 6.07) is 11.9. The van der Waals surface area contributed by atoms with Crippen LogP contribution in [0.15, 0.2) is 53.8 Å². The number of nitrogens with zero attached hydrogens (tertiary/aromatic N) is 1. The van der Waals surface area contributed by atoms with Gasteiger partial charge in [0.25, 0.3) is 5.91 Å². The third-order valence-electron chi connectivity index (χ3n) is 5.42. The summed E-state index contributed by atoms with van der Waals surface area (Å²) in [4.78, 5) is 27.6. The minimum atomic E-state index is -0.685. The van der Waals surface area contributed by atoms with E-state index in [1.54, 1.807) is 25.3 Å². The second-order valence-corrected chi connectivity index (χ2v) is 8.08. The molecule has 7 nitrogen and oxygen atoms in total. The standard InChI is InChI=1S/C24H25NO6/c1-14(2)10-18(26)21-22(16-5-7-17(29-3)8-6-16)25(24(28)23(21)27)12-15-4-9-19-20(11-15)31-13-30-19/h4-9,11,14,22,27H,10,12-13H2,1-3H3. The number of ether oxygens (including phenoxy) is 3. The molecule has 1 N–H and O–H groups in total. The highest BCUT2D eigenvalue weighted by Crippen LogP contribution is 2.41. The molecule has 0 aliphatic carbocycles. The van der Waals surface area contributed by atoms with E-state index < -0.39 is 17.7 Å². The van der Waals surface area contributed by atoms with Crippen LogP contribution >= 0.6 is 0 Å². The van der Waals surface area contributed by atoms with E-state index in [1.165, 1.54) is 4.90 Å². The number of methoxy groups -OCH3 is 1. The van der Waals surface area contributed by atoms with Crippen LogP contribution in [0.25, 0.3) is 0 Å². The van der Waals surface area contributed by atoms with Crippen LogP contribution in [0, 0.1) is 5.92 Å². The van der Waals surface area contributed by atoms with Crippen LogP contribution in [0.3, 0.4) is 0 Å². The molecule has 31 heavy (non-hydrogen) atoms. The number of ketones is 1. The molecule has 0 fully saturated rings. The zero-order chi connectivity index (χ0) is 22.1. The van der Waals surface area contributed by atoms with Crippen molar-refractivity contribution in [3.05, 3.63) is 64.9 Å². The highest BCUT2D eigenvalue weighted by molar-refractivity contribution is 6.09. The Morgan fingerprint density at radius 2 is 1.87 bits per heavy atom. The highest BCUT2D eigenvalue weighted by Gasteiger charge is 2.43. The van der Waals surface area contributed by atoms with Gasteiger partial charge in [0.15, 0.2) is 23.0 Å². The van der Waals surface area contributed by atoms with Crippen LogP contribution in [-0.4, -0.2) is 35.6 Å². The molecule has 0 spiro atoms. The Morgan fingerprint density at radius 3 is 2.55 bits per heavy atom. The Balaban J connectivity index is 1.71. The lowest BCUT2D eigenvalue weighted by Crippen LogP contribution is -2.30. The molecule has 2 aromatic carbocycles. The Bertz CT molecular complexity index is 1040. The van der Waals surface area contributed by atoms with Gasteiger partial charge in [0.2, 0.25) is 6.79 Å². The molecule has 162 valence electrons. The molecule has 2 aliphatic rings. The minimum absolute atomic E-state index is 0.0994. The van der Waals surface area contributed by atoms with E-state index in [-0.39, 0.29) is 37.0 Å². The number of fused-ring (bicyclic) bond motifs is 1. The number of carbonyl (C=O) groups excluding carboxylic acids is 2. The lowest BCUT2D eigenvalue weighted by atomic mass is 9.92. The van der Waals surface area contributed by atoms with Gasteiger partial charge in [0.05, 0.1) is 18.7 Å². The number of hydrogen-bond acceptors (Lipinski definition) is 6. The molecule has 1 unspecified atom stereocenters. The van der Waals surface area contributed by atoms with Crippen molar-refractivity contribution in [2.45, 2.75) is 32.9 Å². The number of aliphatic hydroxyl groups excluding tert-OH is 1. The van der Waals surface area contributed by atoms with Gasteiger partial charge in [-0.05, 0) is 41.3 Å². The van der Waals surface area contributed by atoms with E-state index in [0.717, 1.165) is 11.1 Å². The van der Waals surface area contributed by atoms with Gasteiger partial charge in [0, 0.05) is 13.0 Å². The first-order valence-electron chi connectivity index (χ1n) is 10.2. The zero-order valence-corrected chi connectivity index (χ0v) is 17.8. The second-order valence-electron chi connectivity index (χ2n) is 8.08. The topological polar surface area (TPSA) is 85.3 Å². The molecule has 2 heterocycles. The Labute approximate surface area is 180 Å². The lowest BCUT2D eigenvalue weighted by Gasteiger charge is -2.27. The quantitative estimate of drug-likeness (QED) is 0.726. The van der Waals surface area contributed by atoms with Gasteiger partial charge in [-0.1, -0.05) is 32.0 Å². The van der Waals surface area contributed by atoms with E-state index in [9.17, 15) is 14.7 Å². The smallest absolute Gasteiger partial charge is 0.290 e. The van der Waals surface area contributed by atoms with E-state index in [2.05, 4.69) is 0 Å². The van der Waals surface area contributed by atoms with Crippen LogP contribution < -0.4 is 14.2 Å². The summed E-state index contributed by atoms with van der Waals surface area (Å²) < 4.78 is 16.0. The van der Waals surface area contributed by atoms with Gasteiger partial charge in [0.1, 0.15) is 5.75 Å². The van der Waals surface area contributed by atoms with Gasteiger partial charge in [-0.3, -0.25) is 9.59 Å². The predicted octanol–water partition coefficient (Wildman–Crippen LogP) is 3.93. The Morgan fingerprint density at radius 1 is 1.16 bits per heavy atom. The van der Waals surface area contributed by atoms with E-state index in [0.29, 0.717) is 17.2 Å². The fraction of sp³-hybridized carbons (Fsp3) is 0.333. The fourth-order valence-electron chi connectivity index (χ4n) is 3.95. The number of rotatable bonds is 7. The summed E-state index contributed by atoms with van der Waals surface area (Å²) in [6.07, 6.45) is 0.247. The van der Waals surface area contributed by atoms with E-state index in [1.807, 2.05) is 38.1 Å². The average molecular weight is 423 g/mol. The van der Waals surface area contributed by atoms with Crippen molar-refractivity contribution in [3.63, 3.8) is 0 Å². The number of hydrogen-bond donors (Lipinski definition) is 1. The molecule has 2 aromatic rings. The van der Waals surface area contributed by atoms with Crippen molar-refractivity contribution in [3.8, 4) is 17.2 Å². The molecular formula is C24H25NO6. The van der Waals surface area contributed by atoms with Crippen molar-refractivity contribution in [1.82, 2.24) is 4.90 Å². The zero-order valence-electron chi connectivity index (χ0n) is 17.8. The number of Topliss-reactive ketones (excluding diaryl/α,β-unsaturated/α-hetero) is 1. The molecule has 0 saturated carbocycles. The van der Waals surface area contributed by atoms with Gasteiger partial charge in [-0.15, -0.1) is 0 Å². The monoisotopic (exact) mass is 423 g/mol. The largest absolute Gasteiger partial charge is 0.503 e. The minimum Gasteiger partial charge on any atom is -0.503 e. The summed E-state index contributed by atoms with van der Waals surface area (Å²) in [6.45, 7) is 4.22. The first-order valence-corrected chi connectivity index (χ1v) is 10.2. The molecule has 1 amide bonds. The molecule has 7 heteroatoms. The van der Waals surface area contributed by atoms with Gasteiger partial charge >= 0.3 is 0 Å². The van der Waals surface area contributed by atoms with Crippen LogP contribution in [0.1, 0.15) is 37.4 Å². The van der Waals surface area contributed by atoms with Crippen molar-refractivity contribution < 1.29 is 28.9 Å². The summed E-state index contributed by atoms with van der Waals surface area (Å²) in [7, 11) is 1.57. The maximum atomic E-state index is 13.0. The average Bonchev–Trinajstić information content (AvgIpc) is 3.31.